The number of alkyl halides is 3. The number of thiophene rings is 1. The van der Waals surface area contributed by atoms with Crippen molar-refractivity contribution in [3.05, 3.63) is 27.8 Å². The average molecular weight is 370 g/mol. The average Bonchev–Trinajstić information content (AvgIpc) is 3.12. The summed E-state index contributed by atoms with van der Waals surface area (Å²) < 4.78 is 37.6. The third-order valence-electron chi connectivity index (χ3n) is 3.52. The number of amides is 1. The monoisotopic (exact) mass is 370 g/mol. The van der Waals surface area contributed by atoms with Crippen LogP contribution < -0.4 is 5.32 Å². The Morgan fingerprint density at radius 2 is 1.96 bits per heavy atom. The van der Waals surface area contributed by atoms with Crippen LogP contribution in [0.15, 0.2) is 0 Å². The van der Waals surface area contributed by atoms with Gasteiger partial charge in [0.1, 0.15) is 10.7 Å². The fraction of sp³-hybridized carbons (Fsp3) is 0.357. The lowest BCUT2D eigenvalue weighted by molar-refractivity contribution is -0.144. The molecule has 0 saturated carbocycles. The first-order valence-corrected chi connectivity index (χ1v) is 8.10. The zero-order chi connectivity index (χ0) is 18.4. The van der Waals surface area contributed by atoms with E-state index in [2.05, 4.69) is 25.4 Å². The Bertz CT molecular complexity index is 962. The van der Waals surface area contributed by atoms with Crippen LogP contribution in [0.5, 0.6) is 0 Å². The second kappa shape index (κ2) is 6.06. The first-order valence-electron chi connectivity index (χ1n) is 7.28. The molecule has 0 radical (unpaired) electrons. The van der Waals surface area contributed by atoms with Gasteiger partial charge in [-0.05, 0) is 19.4 Å². The van der Waals surface area contributed by atoms with Crippen molar-refractivity contribution in [2.24, 2.45) is 0 Å². The standard InChI is InChI=1S/C14H13F3N6OS/c1-4-7-18-6(3)8-5(2)9(25-11(8)19-7)10(24)20-13-21-12(22-23-13)14(15,16)17/h4H2,1-3H3,(H2,20,21,22,23,24). The van der Waals surface area contributed by atoms with E-state index in [1.807, 2.05) is 13.8 Å². The van der Waals surface area contributed by atoms with Crippen LogP contribution in [0.4, 0.5) is 19.1 Å². The number of hydrogen-bond acceptors (Lipinski definition) is 6. The number of carbonyl (C=O) groups excluding carboxylic acids is 1. The van der Waals surface area contributed by atoms with Gasteiger partial charge >= 0.3 is 6.18 Å². The van der Waals surface area contributed by atoms with Crippen molar-refractivity contribution < 1.29 is 18.0 Å². The van der Waals surface area contributed by atoms with Crippen LogP contribution in [0.1, 0.15) is 39.5 Å². The largest absolute Gasteiger partial charge is 0.451 e. The van der Waals surface area contributed by atoms with Crippen LogP contribution in [0.25, 0.3) is 10.2 Å². The number of rotatable bonds is 3. The molecular formula is C14H13F3N6OS. The molecule has 7 nitrogen and oxygen atoms in total. The van der Waals surface area contributed by atoms with Crippen LogP contribution in [0, 0.1) is 13.8 Å². The van der Waals surface area contributed by atoms with Gasteiger partial charge in [-0.3, -0.25) is 15.2 Å². The lowest BCUT2D eigenvalue weighted by atomic mass is 10.1. The van der Waals surface area contributed by atoms with Gasteiger partial charge in [0.25, 0.3) is 5.91 Å². The Balaban J connectivity index is 1.93. The summed E-state index contributed by atoms with van der Waals surface area (Å²) in [5.74, 6) is -1.64. The van der Waals surface area contributed by atoms with E-state index in [1.54, 1.807) is 12.0 Å². The van der Waals surface area contributed by atoms with Crippen molar-refractivity contribution in [1.82, 2.24) is 25.1 Å². The summed E-state index contributed by atoms with van der Waals surface area (Å²) in [5.41, 5.74) is 1.43. The highest BCUT2D eigenvalue weighted by molar-refractivity contribution is 7.20. The van der Waals surface area contributed by atoms with Crippen molar-refractivity contribution in [3.8, 4) is 0 Å². The molecule has 0 spiro atoms. The lowest BCUT2D eigenvalue weighted by Gasteiger charge is -2.01. The molecule has 2 N–H and O–H groups in total. The predicted molar refractivity (Wildman–Crippen MR) is 85.6 cm³/mol. The molecule has 25 heavy (non-hydrogen) atoms. The molecule has 0 aliphatic heterocycles. The number of nitrogens with zero attached hydrogens (tertiary/aromatic N) is 4. The van der Waals surface area contributed by atoms with Gasteiger partial charge in [-0.2, -0.15) is 18.2 Å². The van der Waals surface area contributed by atoms with Crippen LogP contribution in [0.3, 0.4) is 0 Å². The van der Waals surface area contributed by atoms with Crippen molar-refractivity contribution >= 4 is 33.4 Å². The van der Waals surface area contributed by atoms with Crippen LogP contribution in [0.2, 0.25) is 0 Å². The molecule has 0 saturated heterocycles. The summed E-state index contributed by atoms with van der Waals surface area (Å²) in [5, 5.41) is 8.16. The fourth-order valence-corrected chi connectivity index (χ4v) is 3.52. The van der Waals surface area contributed by atoms with Crippen molar-refractivity contribution in [2.75, 3.05) is 5.32 Å². The minimum absolute atomic E-state index is 0.332. The third-order valence-corrected chi connectivity index (χ3v) is 4.70. The quantitative estimate of drug-likeness (QED) is 0.738. The first-order chi connectivity index (χ1) is 11.7. The summed E-state index contributed by atoms with van der Waals surface area (Å²) >= 11 is 1.16. The Morgan fingerprint density at radius 3 is 2.56 bits per heavy atom. The highest BCUT2D eigenvalue weighted by Gasteiger charge is 2.35. The Kier molecular flexibility index (Phi) is 4.19. The predicted octanol–water partition coefficient (Wildman–Crippen LogP) is 3.26. The maximum atomic E-state index is 12.5. The SMILES string of the molecule is CCc1nc(C)c2c(C)c(C(=O)Nc3n[nH]c(C(F)(F)F)n3)sc2n1. The van der Waals surface area contributed by atoms with E-state index in [4.69, 9.17) is 0 Å². The van der Waals surface area contributed by atoms with Gasteiger partial charge in [-0.25, -0.2) is 9.97 Å². The van der Waals surface area contributed by atoms with Crippen LogP contribution in [-0.2, 0) is 12.6 Å². The van der Waals surface area contributed by atoms with Gasteiger partial charge in [-0.1, -0.05) is 6.92 Å². The fourth-order valence-electron chi connectivity index (χ4n) is 2.37. The van der Waals surface area contributed by atoms with Gasteiger partial charge in [0.15, 0.2) is 0 Å². The second-order valence-electron chi connectivity index (χ2n) is 5.27. The summed E-state index contributed by atoms with van der Waals surface area (Å²) in [6.45, 7) is 5.50. The van der Waals surface area contributed by atoms with Gasteiger partial charge < -0.3 is 0 Å². The number of aromatic nitrogens is 5. The third kappa shape index (κ3) is 3.18. The van der Waals surface area contributed by atoms with E-state index in [1.165, 1.54) is 0 Å². The van der Waals surface area contributed by atoms with E-state index < -0.39 is 23.9 Å². The van der Waals surface area contributed by atoms with E-state index >= 15 is 0 Å². The van der Waals surface area contributed by atoms with E-state index in [0.29, 0.717) is 27.5 Å². The van der Waals surface area contributed by atoms with Crippen LogP contribution in [-0.4, -0.2) is 31.1 Å². The number of carbonyl (C=O) groups is 1. The zero-order valence-electron chi connectivity index (χ0n) is 13.4. The Morgan fingerprint density at radius 1 is 1.24 bits per heavy atom. The van der Waals surface area contributed by atoms with Gasteiger partial charge in [0.05, 0.1) is 4.88 Å². The zero-order valence-corrected chi connectivity index (χ0v) is 14.3. The first kappa shape index (κ1) is 17.3. The second-order valence-corrected chi connectivity index (χ2v) is 6.27. The number of anilines is 1. The van der Waals surface area contributed by atoms with E-state index in [0.717, 1.165) is 22.4 Å². The summed E-state index contributed by atoms with van der Waals surface area (Å²) in [6, 6.07) is 0. The molecule has 0 bridgehead atoms. The van der Waals surface area contributed by atoms with Crippen molar-refractivity contribution in [1.29, 1.82) is 0 Å². The smallest absolute Gasteiger partial charge is 0.288 e. The maximum absolute atomic E-state index is 12.5. The van der Waals surface area contributed by atoms with Crippen molar-refractivity contribution in [2.45, 2.75) is 33.4 Å². The summed E-state index contributed by atoms with van der Waals surface area (Å²) in [4.78, 5) is 25.4. The molecule has 132 valence electrons. The molecule has 11 heteroatoms. The normalized spacial score (nSPS) is 11.9. The Hall–Kier alpha value is -2.56. The van der Waals surface area contributed by atoms with Gasteiger partial charge in [0, 0.05) is 17.5 Å². The van der Waals surface area contributed by atoms with Gasteiger partial charge in [0.2, 0.25) is 11.8 Å². The molecule has 3 rings (SSSR count). The lowest BCUT2D eigenvalue weighted by Crippen LogP contribution is -2.13. The minimum atomic E-state index is -4.66. The molecule has 0 aromatic carbocycles. The van der Waals surface area contributed by atoms with E-state index in [-0.39, 0.29) is 0 Å². The molecule has 0 aliphatic rings. The summed E-state index contributed by atoms with van der Waals surface area (Å²) in [7, 11) is 0. The number of fused-ring (bicyclic) bond motifs is 1. The number of hydrogen-bond donors (Lipinski definition) is 2. The Labute approximate surface area is 143 Å². The number of aryl methyl sites for hydroxylation is 3. The molecule has 0 unspecified atom stereocenters. The van der Waals surface area contributed by atoms with E-state index in [9.17, 15) is 18.0 Å². The maximum Gasteiger partial charge on any atom is 0.451 e. The molecular weight excluding hydrogens is 357 g/mol. The number of aromatic amines is 1. The minimum Gasteiger partial charge on any atom is -0.288 e. The molecule has 3 aromatic heterocycles. The number of nitrogens with one attached hydrogen (secondary N) is 2. The summed E-state index contributed by atoms with van der Waals surface area (Å²) in [6.07, 6.45) is -4.00. The molecule has 3 heterocycles. The number of H-pyrrole nitrogens is 1. The topological polar surface area (TPSA) is 96.5 Å². The highest BCUT2D eigenvalue weighted by atomic mass is 32.1. The van der Waals surface area contributed by atoms with Gasteiger partial charge in [-0.15, -0.1) is 16.4 Å². The molecule has 0 fully saturated rings. The number of halogens is 3. The molecule has 3 aromatic rings. The molecule has 1 amide bonds. The van der Waals surface area contributed by atoms with Crippen LogP contribution >= 0.6 is 11.3 Å². The van der Waals surface area contributed by atoms with Crippen molar-refractivity contribution in [3.63, 3.8) is 0 Å². The molecule has 0 atom stereocenters. The molecule has 0 aliphatic carbocycles. The highest BCUT2D eigenvalue weighted by Crippen LogP contribution is 2.32.